The number of unbranched alkanes of at least 4 members (excludes halogenated alkanes) is 1. The fourth-order valence-electron chi connectivity index (χ4n) is 1.30. The molecule has 0 aliphatic rings. The summed E-state index contributed by atoms with van der Waals surface area (Å²) in [5, 5.41) is 0.454. The van der Waals surface area contributed by atoms with Gasteiger partial charge in [-0.15, -0.1) is 5.73 Å². The van der Waals surface area contributed by atoms with Crippen LogP contribution in [0.25, 0.3) is 0 Å². The molecule has 0 aromatic carbocycles. The highest BCUT2D eigenvalue weighted by Crippen LogP contribution is 2.57. The zero-order valence-corrected chi connectivity index (χ0v) is 11.7. The summed E-state index contributed by atoms with van der Waals surface area (Å²) in [6, 6.07) is 0. The number of aldehydes is 1. The van der Waals surface area contributed by atoms with Gasteiger partial charge in [0.2, 0.25) is 0 Å². The first-order valence-electron chi connectivity index (χ1n) is 5.93. The molecule has 0 unspecified atom stereocenters. The molecule has 0 aromatic heterocycles. The molecule has 4 nitrogen and oxygen atoms in total. The van der Waals surface area contributed by atoms with Gasteiger partial charge in [-0.2, -0.15) is 0 Å². The Morgan fingerprint density at radius 1 is 1.24 bits per heavy atom. The molecule has 0 spiro atoms. The average molecular weight is 260 g/mol. The Hall–Kier alpha value is -0.660. The van der Waals surface area contributed by atoms with Gasteiger partial charge in [0.05, 0.1) is 18.5 Å². The lowest BCUT2D eigenvalue weighted by Gasteiger charge is -2.18. The second kappa shape index (κ2) is 9.38. The topological polar surface area (TPSA) is 52.6 Å². The first-order valence-corrected chi connectivity index (χ1v) is 7.47. The van der Waals surface area contributed by atoms with Crippen LogP contribution >= 0.6 is 7.60 Å². The highest BCUT2D eigenvalue weighted by atomic mass is 31.2. The van der Waals surface area contributed by atoms with Crippen molar-refractivity contribution in [2.75, 3.05) is 13.2 Å². The van der Waals surface area contributed by atoms with E-state index in [1.54, 1.807) is 13.8 Å². The summed E-state index contributed by atoms with van der Waals surface area (Å²) in [6.45, 7) is 6.15. The standard InChI is InChI=1S/C12H21O4P/c1-4-7-9-12(10-8-11-13)17(14,15-5-2)16-6-3/h8,11H,4-7,9H2,1-3H3. The SMILES string of the molecule is CCCCC(=C=CC=O)P(=O)(OCC)OCC. The first kappa shape index (κ1) is 16.3. The lowest BCUT2D eigenvalue weighted by atomic mass is 10.2. The van der Waals surface area contributed by atoms with E-state index in [-0.39, 0.29) is 0 Å². The summed E-state index contributed by atoms with van der Waals surface area (Å²) in [7, 11) is -3.27. The van der Waals surface area contributed by atoms with Crippen molar-refractivity contribution in [3.63, 3.8) is 0 Å². The van der Waals surface area contributed by atoms with Crippen LogP contribution in [0.15, 0.2) is 17.1 Å². The maximum Gasteiger partial charge on any atom is 0.364 e. The van der Waals surface area contributed by atoms with E-state index in [9.17, 15) is 9.36 Å². The second-order valence-corrected chi connectivity index (χ2v) is 5.38. The van der Waals surface area contributed by atoms with Crippen LogP contribution in [0, 0.1) is 0 Å². The van der Waals surface area contributed by atoms with Crippen LogP contribution in [-0.2, 0) is 18.4 Å². The van der Waals surface area contributed by atoms with Crippen molar-refractivity contribution in [3.8, 4) is 0 Å². The molecule has 5 heteroatoms. The van der Waals surface area contributed by atoms with E-state index < -0.39 is 7.60 Å². The molecule has 98 valence electrons. The molecule has 0 N–H and O–H groups in total. The maximum atomic E-state index is 12.4. The van der Waals surface area contributed by atoms with Gasteiger partial charge in [0, 0.05) is 6.08 Å². The van der Waals surface area contributed by atoms with E-state index in [1.165, 1.54) is 6.08 Å². The number of rotatable bonds is 9. The van der Waals surface area contributed by atoms with E-state index >= 15 is 0 Å². The van der Waals surface area contributed by atoms with Crippen LogP contribution < -0.4 is 0 Å². The van der Waals surface area contributed by atoms with Gasteiger partial charge in [-0.1, -0.05) is 13.3 Å². The fourth-order valence-corrected chi connectivity index (χ4v) is 3.03. The summed E-state index contributed by atoms with van der Waals surface area (Å²) in [4.78, 5) is 10.3. The number of carbonyl (C=O) groups is 1. The van der Waals surface area contributed by atoms with Gasteiger partial charge in [0.25, 0.3) is 0 Å². The van der Waals surface area contributed by atoms with Gasteiger partial charge >= 0.3 is 7.60 Å². The van der Waals surface area contributed by atoms with Crippen molar-refractivity contribution in [2.45, 2.75) is 40.0 Å². The number of carbonyl (C=O) groups excluding carboxylic acids is 1. The molecule has 17 heavy (non-hydrogen) atoms. The molecular weight excluding hydrogens is 239 g/mol. The third-order valence-electron chi connectivity index (χ3n) is 2.01. The minimum Gasteiger partial charge on any atom is -0.305 e. The lowest BCUT2D eigenvalue weighted by molar-refractivity contribution is -0.104. The molecule has 0 amide bonds. The van der Waals surface area contributed by atoms with Crippen LogP contribution in [0.5, 0.6) is 0 Å². The zero-order valence-electron chi connectivity index (χ0n) is 10.8. The van der Waals surface area contributed by atoms with Crippen molar-refractivity contribution >= 4 is 13.9 Å². The molecule has 0 aliphatic heterocycles. The Bertz CT molecular complexity index is 319. The van der Waals surface area contributed by atoms with Gasteiger partial charge in [-0.3, -0.25) is 9.36 Å². The van der Waals surface area contributed by atoms with Gasteiger partial charge in [-0.25, -0.2) is 0 Å². The van der Waals surface area contributed by atoms with Gasteiger partial charge in [-0.05, 0) is 26.7 Å². The molecule has 0 atom stereocenters. The predicted molar refractivity (Wildman–Crippen MR) is 68.0 cm³/mol. The smallest absolute Gasteiger partial charge is 0.305 e. The Kier molecular flexibility index (Phi) is 9.01. The minimum atomic E-state index is -3.27. The van der Waals surface area contributed by atoms with Crippen LogP contribution in [0.4, 0.5) is 0 Å². The van der Waals surface area contributed by atoms with Crippen molar-refractivity contribution in [1.29, 1.82) is 0 Å². The van der Waals surface area contributed by atoms with Crippen LogP contribution in [0.1, 0.15) is 40.0 Å². The summed E-state index contributed by atoms with van der Waals surface area (Å²) < 4.78 is 22.9. The number of allylic oxidation sites excluding steroid dienone is 1. The molecule has 0 aromatic rings. The van der Waals surface area contributed by atoms with Crippen molar-refractivity contribution < 1.29 is 18.4 Å². The average Bonchev–Trinajstić information content (AvgIpc) is 2.29. The van der Waals surface area contributed by atoms with E-state index in [0.29, 0.717) is 31.2 Å². The van der Waals surface area contributed by atoms with Crippen LogP contribution in [0.2, 0.25) is 0 Å². The fraction of sp³-hybridized carbons (Fsp3) is 0.667. The third-order valence-corrected chi connectivity index (χ3v) is 4.22. The van der Waals surface area contributed by atoms with Gasteiger partial charge < -0.3 is 9.05 Å². The zero-order chi connectivity index (χ0) is 13.1. The quantitative estimate of drug-likeness (QED) is 0.274. The Balaban J connectivity index is 5.13. The van der Waals surface area contributed by atoms with Gasteiger partial charge in [0.1, 0.15) is 0 Å². The van der Waals surface area contributed by atoms with E-state index in [0.717, 1.165) is 12.8 Å². The Morgan fingerprint density at radius 3 is 2.24 bits per heavy atom. The minimum absolute atomic E-state index is 0.301. The number of hydrogen-bond donors (Lipinski definition) is 0. The number of hydrogen-bond acceptors (Lipinski definition) is 4. The summed E-state index contributed by atoms with van der Waals surface area (Å²) in [5.41, 5.74) is 2.72. The second-order valence-electron chi connectivity index (χ2n) is 3.33. The monoisotopic (exact) mass is 260 g/mol. The molecule has 0 radical (unpaired) electrons. The first-order chi connectivity index (χ1) is 8.14. The maximum absolute atomic E-state index is 12.4. The molecule has 0 heterocycles. The highest BCUT2D eigenvalue weighted by Gasteiger charge is 2.28. The van der Waals surface area contributed by atoms with Crippen molar-refractivity contribution in [2.24, 2.45) is 0 Å². The molecule has 0 rings (SSSR count). The van der Waals surface area contributed by atoms with E-state index in [2.05, 4.69) is 5.73 Å². The van der Waals surface area contributed by atoms with E-state index in [1.807, 2.05) is 6.92 Å². The van der Waals surface area contributed by atoms with Crippen molar-refractivity contribution in [3.05, 3.63) is 17.1 Å². The predicted octanol–water partition coefficient (Wildman–Crippen LogP) is 3.68. The van der Waals surface area contributed by atoms with Gasteiger partial charge in [0.15, 0.2) is 6.29 Å². The molecule has 0 bridgehead atoms. The molecular formula is C12H21O4P. The summed E-state index contributed by atoms with van der Waals surface area (Å²) in [6.07, 6.45) is 4.20. The third kappa shape index (κ3) is 5.99. The molecule has 0 fully saturated rings. The van der Waals surface area contributed by atoms with E-state index in [4.69, 9.17) is 9.05 Å². The summed E-state index contributed by atoms with van der Waals surface area (Å²) >= 11 is 0. The van der Waals surface area contributed by atoms with Crippen LogP contribution in [-0.4, -0.2) is 19.5 Å². The summed E-state index contributed by atoms with van der Waals surface area (Å²) in [5.74, 6) is 0. The van der Waals surface area contributed by atoms with Crippen molar-refractivity contribution in [1.82, 2.24) is 0 Å². The Morgan fingerprint density at radius 2 is 1.82 bits per heavy atom. The molecule has 0 saturated carbocycles. The largest absolute Gasteiger partial charge is 0.364 e. The Labute approximate surface area is 103 Å². The lowest BCUT2D eigenvalue weighted by Crippen LogP contribution is -1.98. The molecule has 0 aliphatic carbocycles. The normalized spacial score (nSPS) is 10.8. The molecule has 0 saturated heterocycles. The van der Waals surface area contributed by atoms with Crippen LogP contribution in [0.3, 0.4) is 0 Å². The highest BCUT2D eigenvalue weighted by molar-refractivity contribution is 7.58.